The van der Waals surface area contributed by atoms with E-state index < -0.39 is 36.4 Å². The Bertz CT molecular complexity index is 1260. The number of aliphatic carboxylic acids is 1. The number of ether oxygens (including phenoxy) is 2. The molecule has 0 spiro atoms. The lowest BCUT2D eigenvalue weighted by Crippen LogP contribution is -2.39. The fourth-order valence-electron chi connectivity index (χ4n) is 4.07. The summed E-state index contributed by atoms with van der Waals surface area (Å²) in [6.45, 7) is -0.563. The van der Waals surface area contributed by atoms with Crippen molar-refractivity contribution in [2.24, 2.45) is 0 Å². The minimum absolute atomic E-state index is 0.0106. The van der Waals surface area contributed by atoms with E-state index in [1.165, 1.54) is 29.3 Å². The van der Waals surface area contributed by atoms with Gasteiger partial charge in [0.15, 0.2) is 18.2 Å². The summed E-state index contributed by atoms with van der Waals surface area (Å²) < 4.78 is 39.3. The Balaban J connectivity index is 1.62. The summed E-state index contributed by atoms with van der Waals surface area (Å²) in [5, 5.41) is 10.6. The van der Waals surface area contributed by atoms with Crippen LogP contribution in [0.1, 0.15) is 28.3 Å². The molecule has 0 radical (unpaired) electrons. The topological polar surface area (TPSA) is 85.3 Å². The van der Waals surface area contributed by atoms with Gasteiger partial charge in [0.25, 0.3) is 0 Å². The molecule has 0 aliphatic carbocycles. The van der Waals surface area contributed by atoms with Gasteiger partial charge in [-0.3, -0.25) is 0 Å². The molecule has 3 aromatic rings. The normalized spacial score (nSPS) is 15.1. The Labute approximate surface area is 210 Å². The van der Waals surface area contributed by atoms with Gasteiger partial charge in [-0.15, -0.1) is 5.06 Å². The first-order valence-corrected chi connectivity index (χ1v) is 11.5. The maximum absolute atomic E-state index is 14.7. The summed E-state index contributed by atoms with van der Waals surface area (Å²) in [4.78, 5) is 29.1. The molecule has 10 heteroatoms. The van der Waals surface area contributed by atoms with E-state index in [1.807, 2.05) is 30.3 Å². The predicted octanol–water partition coefficient (Wildman–Crippen LogP) is 5.34. The first-order chi connectivity index (χ1) is 17.3. The average Bonchev–Trinajstić information content (AvgIpc) is 2.86. The third kappa shape index (κ3) is 5.92. The maximum Gasteiger partial charge on any atom is 0.527 e. The third-order valence-electron chi connectivity index (χ3n) is 5.66. The zero-order valence-corrected chi connectivity index (χ0v) is 19.7. The van der Waals surface area contributed by atoms with Crippen LogP contribution in [-0.2, 0) is 27.2 Å². The second-order valence-corrected chi connectivity index (χ2v) is 8.45. The first kappa shape index (κ1) is 25.4. The van der Waals surface area contributed by atoms with Crippen LogP contribution in [0.4, 0.5) is 13.6 Å². The lowest BCUT2D eigenvalue weighted by molar-refractivity contribution is -0.151. The van der Waals surface area contributed by atoms with Crippen molar-refractivity contribution in [2.45, 2.75) is 18.9 Å². The largest absolute Gasteiger partial charge is 0.527 e. The third-order valence-corrected chi connectivity index (χ3v) is 5.90. The van der Waals surface area contributed by atoms with Crippen LogP contribution in [0.3, 0.4) is 0 Å². The number of hydroxylamine groups is 2. The fraction of sp³-hybridized carbons (Fsp3) is 0.231. The van der Waals surface area contributed by atoms with Crippen molar-refractivity contribution in [1.29, 1.82) is 0 Å². The molecular weight excluding hydrogens is 496 g/mol. The molecule has 1 aliphatic heterocycles. The smallest absolute Gasteiger partial charge is 0.482 e. The highest BCUT2D eigenvalue weighted by molar-refractivity contribution is 6.30. The van der Waals surface area contributed by atoms with Crippen LogP contribution in [0.15, 0.2) is 60.7 Å². The Hall–Kier alpha value is -3.69. The molecule has 0 unspecified atom stereocenters. The molecule has 0 saturated heterocycles. The van der Waals surface area contributed by atoms with Crippen LogP contribution >= 0.6 is 11.6 Å². The van der Waals surface area contributed by atoms with Crippen LogP contribution < -0.4 is 4.74 Å². The SMILES string of the molecule is O=C(O)COc1ccc(Cl)cc1[C@@H]1c2ccc(F)c(F)c2CCN1OC(=O)OCCc1ccccc1. The minimum Gasteiger partial charge on any atom is -0.482 e. The number of carboxylic acid groups (broad SMARTS) is 1. The Morgan fingerprint density at radius 2 is 1.83 bits per heavy atom. The van der Waals surface area contributed by atoms with Crippen molar-refractivity contribution in [2.75, 3.05) is 19.8 Å². The maximum atomic E-state index is 14.7. The van der Waals surface area contributed by atoms with Crippen molar-refractivity contribution in [3.63, 3.8) is 0 Å². The molecular formula is C26H22ClF2NO6. The summed E-state index contributed by atoms with van der Waals surface area (Å²) in [6, 6.07) is 15.3. The first-order valence-electron chi connectivity index (χ1n) is 11.1. The van der Waals surface area contributed by atoms with Crippen molar-refractivity contribution in [3.8, 4) is 5.75 Å². The van der Waals surface area contributed by atoms with Crippen LogP contribution in [0.5, 0.6) is 5.75 Å². The zero-order chi connectivity index (χ0) is 25.7. The van der Waals surface area contributed by atoms with Crippen LogP contribution in [0, 0.1) is 11.6 Å². The number of benzene rings is 3. The van der Waals surface area contributed by atoms with E-state index in [-0.39, 0.29) is 35.9 Å². The second kappa shape index (κ2) is 11.4. The van der Waals surface area contributed by atoms with Crippen LogP contribution in [0.2, 0.25) is 5.02 Å². The van der Waals surface area contributed by atoms with Gasteiger partial charge in [-0.05, 0) is 47.4 Å². The fourth-order valence-corrected chi connectivity index (χ4v) is 4.25. The van der Waals surface area contributed by atoms with Gasteiger partial charge in [0.05, 0.1) is 6.61 Å². The van der Waals surface area contributed by atoms with Crippen molar-refractivity contribution in [1.82, 2.24) is 5.06 Å². The lowest BCUT2D eigenvalue weighted by Gasteiger charge is -2.36. The van der Waals surface area contributed by atoms with E-state index >= 15 is 0 Å². The van der Waals surface area contributed by atoms with Crippen molar-refractivity contribution < 1.29 is 37.8 Å². The molecule has 7 nitrogen and oxygen atoms in total. The highest BCUT2D eigenvalue weighted by Gasteiger charge is 2.36. The van der Waals surface area contributed by atoms with Gasteiger partial charge in [0.2, 0.25) is 0 Å². The standard InChI is InChI=1S/C26H22ClF2NO6/c27-17-6-9-22(35-15-23(31)32)20(14-17)25-19-7-8-21(28)24(29)18(19)10-12-30(25)36-26(33)34-13-11-16-4-2-1-3-5-16/h1-9,14,25H,10-13,15H2,(H,31,32)/t25-/m0/s1. The van der Waals surface area contributed by atoms with Gasteiger partial charge in [-0.2, -0.15) is 0 Å². The number of fused-ring (bicyclic) bond motifs is 1. The molecule has 0 amide bonds. The summed E-state index contributed by atoms with van der Waals surface area (Å²) >= 11 is 6.21. The molecule has 3 aromatic carbocycles. The van der Waals surface area contributed by atoms with Gasteiger partial charge in [-0.25, -0.2) is 18.4 Å². The van der Waals surface area contributed by atoms with Gasteiger partial charge < -0.3 is 19.4 Å². The Morgan fingerprint density at radius 1 is 1.06 bits per heavy atom. The molecule has 0 fully saturated rings. The van der Waals surface area contributed by atoms with Gasteiger partial charge in [-0.1, -0.05) is 48.0 Å². The van der Waals surface area contributed by atoms with E-state index in [4.69, 9.17) is 31.0 Å². The summed E-state index contributed by atoms with van der Waals surface area (Å²) in [5.41, 5.74) is 1.72. The van der Waals surface area contributed by atoms with E-state index in [0.717, 1.165) is 11.6 Å². The minimum atomic E-state index is -1.21. The van der Waals surface area contributed by atoms with Gasteiger partial charge in [0, 0.05) is 23.6 Å². The molecule has 188 valence electrons. The average molecular weight is 518 g/mol. The number of rotatable bonds is 8. The Kier molecular flexibility index (Phi) is 8.02. The lowest BCUT2D eigenvalue weighted by atomic mass is 9.88. The zero-order valence-electron chi connectivity index (χ0n) is 19.0. The summed E-state index contributed by atoms with van der Waals surface area (Å²) in [6.07, 6.45) is -0.441. The van der Waals surface area contributed by atoms with E-state index in [1.54, 1.807) is 0 Å². The summed E-state index contributed by atoms with van der Waals surface area (Å²) in [7, 11) is 0. The second-order valence-electron chi connectivity index (χ2n) is 8.01. The molecule has 1 atom stereocenters. The quantitative estimate of drug-likeness (QED) is 0.404. The molecule has 1 aliphatic rings. The predicted molar refractivity (Wildman–Crippen MR) is 126 cm³/mol. The number of carboxylic acids is 1. The molecule has 1 N–H and O–H groups in total. The van der Waals surface area contributed by atoms with Gasteiger partial charge >= 0.3 is 12.1 Å². The Morgan fingerprint density at radius 3 is 2.58 bits per heavy atom. The molecule has 0 saturated carbocycles. The highest BCUT2D eigenvalue weighted by Crippen LogP contribution is 2.41. The molecule has 36 heavy (non-hydrogen) atoms. The van der Waals surface area contributed by atoms with E-state index in [2.05, 4.69) is 0 Å². The molecule has 4 rings (SSSR count). The highest BCUT2D eigenvalue weighted by atomic mass is 35.5. The number of carbonyl (C=O) groups excluding carboxylic acids is 1. The van der Waals surface area contributed by atoms with Crippen molar-refractivity contribution >= 4 is 23.7 Å². The van der Waals surface area contributed by atoms with Crippen molar-refractivity contribution in [3.05, 3.63) is 99.6 Å². The van der Waals surface area contributed by atoms with Crippen LogP contribution in [0.25, 0.3) is 0 Å². The molecule has 1 heterocycles. The van der Waals surface area contributed by atoms with Crippen LogP contribution in [-0.4, -0.2) is 42.1 Å². The number of carbonyl (C=O) groups is 2. The molecule has 0 aromatic heterocycles. The van der Waals surface area contributed by atoms with Gasteiger partial charge in [0.1, 0.15) is 11.8 Å². The number of halogens is 3. The summed E-state index contributed by atoms with van der Waals surface area (Å²) in [5.74, 6) is -3.08. The monoisotopic (exact) mass is 517 g/mol. The number of nitrogens with zero attached hydrogens (tertiary/aromatic N) is 1. The van der Waals surface area contributed by atoms with E-state index in [0.29, 0.717) is 17.5 Å². The number of hydrogen-bond acceptors (Lipinski definition) is 6. The molecule has 0 bridgehead atoms. The van der Waals surface area contributed by atoms with E-state index in [9.17, 15) is 18.4 Å². The number of hydrogen-bond donors (Lipinski definition) is 1.